The second-order valence-corrected chi connectivity index (χ2v) is 5.03. The molecule has 0 aromatic carbocycles. The summed E-state index contributed by atoms with van der Waals surface area (Å²) in [7, 11) is 0. The van der Waals surface area contributed by atoms with Gasteiger partial charge in [0.1, 0.15) is 5.60 Å². The van der Waals surface area contributed by atoms with Crippen molar-refractivity contribution >= 4 is 5.97 Å². The number of hydrogen-bond donors (Lipinski definition) is 0. The van der Waals surface area contributed by atoms with E-state index in [-0.39, 0.29) is 5.92 Å². The second kappa shape index (κ2) is 4.10. The van der Waals surface area contributed by atoms with Crippen molar-refractivity contribution in [2.24, 2.45) is 5.92 Å². The van der Waals surface area contributed by atoms with E-state index in [0.717, 1.165) is 12.8 Å². The van der Waals surface area contributed by atoms with Crippen molar-refractivity contribution < 1.29 is 19.3 Å². The van der Waals surface area contributed by atoms with Crippen LogP contribution in [0, 0.1) is 5.92 Å². The molecular weight excluding hydrogens is 196 g/mol. The van der Waals surface area contributed by atoms with Crippen LogP contribution in [0.15, 0.2) is 0 Å². The third-order valence-corrected chi connectivity index (χ3v) is 2.32. The van der Waals surface area contributed by atoms with Gasteiger partial charge < -0.3 is 4.74 Å². The maximum absolute atomic E-state index is 11.8. The molecule has 1 rings (SSSR count). The zero-order valence-corrected chi connectivity index (χ0v) is 10.1. The third kappa shape index (κ3) is 2.92. The smallest absolute Gasteiger partial charge is 0.373 e. The first-order chi connectivity index (χ1) is 6.82. The average Bonchev–Trinajstić information content (AvgIpc) is 2.80. The Morgan fingerprint density at radius 3 is 2.27 bits per heavy atom. The van der Waals surface area contributed by atoms with Crippen molar-refractivity contribution in [2.45, 2.75) is 58.8 Å². The van der Waals surface area contributed by atoms with Gasteiger partial charge in [-0.2, -0.15) is 9.78 Å². The van der Waals surface area contributed by atoms with Crippen molar-refractivity contribution in [1.29, 1.82) is 0 Å². The fourth-order valence-corrected chi connectivity index (χ4v) is 1.45. The number of ether oxygens (including phenoxy) is 1. The van der Waals surface area contributed by atoms with Crippen LogP contribution < -0.4 is 0 Å². The van der Waals surface area contributed by atoms with Crippen LogP contribution in [0.5, 0.6) is 0 Å². The maximum Gasteiger partial charge on any atom is 0.373 e. The molecule has 0 radical (unpaired) electrons. The fraction of sp³-hybridized carbons (Fsp3) is 0.909. The second-order valence-electron chi connectivity index (χ2n) is 5.03. The summed E-state index contributed by atoms with van der Waals surface area (Å²) in [6.07, 6.45) is 1.86. The SMILES string of the molecule is CCCC(C)C1(C(=O)OC(C)(C)C)OO1. The van der Waals surface area contributed by atoms with Crippen molar-refractivity contribution in [3.63, 3.8) is 0 Å². The fourth-order valence-electron chi connectivity index (χ4n) is 1.45. The van der Waals surface area contributed by atoms with E-state index in [0.29, 0.717) is 0 Å². The van der Waals surface area contributed by atoms with Crippen LogP contribution in [0.1, 0.15) is 47.5 Å². The Bertz CT molecular complexity index is 237. The summed E-state index contributed by atoms with van der Waals surface area (Å²) in [4.78, 5) is 21.5. The molecule has 0 N–H and O–H groups in total. The molecule has 1 fully saturated rings. The maximum atomic E-state index is 11.8. The van der Waals surface area contributed by atoms with Crippen molar-refractivity contribution in [3.8, 4) is 0 Å². The first-order valence-corrected chi connectivity index (χ1v) is 5.42. The van der Waals surface area contributed by atoms with Crippen LogP contribution in [0.4, 0.5) is 0 Å². The Labute approximate surface area is 90.8 Å². The first kappa shape index (κ1) is 12.5. The number of hydrogen-bond acceptors (Lipinski definition) is 4. The van der Waals surface area contributed by atoms with E-state index in [4.69, 9.17) is 14.5 Å². The predicted molar refractivity (Wildman–Crippen MR) is 54.8 cm³/mol. The minimum Gasteiger partial charge on any atom is -0.456 e. The summed E-state index contributed by atoms with van der Waals surface area (Å²) in [6.45, 7) is 9.46. The molecule has 1 heterocycles. The van der Waals surface area contributed by atoms with Crippen LogP contribution in [0.3, 0.4) is 0 Å². The molecular formula is C11H20O4. The molecule has 0 amide bonds. The van der Waals surface area contributed by atoms with E-state index in [1.807, 2.05) is 27.7 Å². The highest BCUT2D eigenvalue weighted by Crippen LogP contribution is 2.41. The minimum atomic E-state index is -1.14. The van der Waals surface area contributed by atoms with Gasteiger partial charge in [-0.05, 0) is 27.2 Å². The largest absolute Gasteiger partial charge is 0.456 e. The van der Waals surface area contributed by atoms with Gasteiger partial charge in [-0.3, -0.25) is 0 Å². The molecule has 0 spiro atoms. The molecule has 4 heteroatoms. The Kier molecular flexibility index (Phi) is 3.41. The molecule has 1 atom stereocenters. The Morgan fingerprint density at radius 1 is 1.40 bits per heavy atom. The Morgan fingerprint density at radius 2 is 1.93 bits per heavy atom. The molecule has 0 aromatic heterocycles. The quantitative estimate of drug-likeness (QED) is 0.411. The average molecular weight is 216 g/mol. The van der Waals surface area contributed by atoms with Gasteiger partial charge >= 0.3 is 11.8 Å². The summed E-state index contributed by atoms with van der Waals surface area (Å²) in [5.74, 6) is -1.53. The number of carbonyl (C=O) groups is 1. The van der Waals surface area contributed by atoms with Crippen LogP contribution in [-0.2, 0) is 19.3 Å². The highest BCUT2D eigenvalue weighted by molar-refractivity contribution is 5.80. The number of rotatable bonds is 4. The molecule has 0 aromatic rings. The van der Waals surface area contributed by atoms with Gasteiger partial charge in [-0.1, -0.05) is 20.3 Å². The monoisotopic (exact) mass is 216 g/mol. The molecule has 1 unspecified atom stereocenters. The third-order valence-electron chi connectivity index (χ3n) is 2.32. The molecule has 1 aliphatic heterocycles. The summed E-state index contributed by atoms with van der Waals surface area (Å²) in [6, 6.07) is 0. The van der Waals surface area contributed by atoms with Gasteiger partial charge in [0.05, 0.1) is 0 Å². The topological polar surface area (TPSA) is 51.4 Å². The van der Waals surface area contributed by atoms with Gasteiger partial charge in [0.2, 0.25) is 0 Å². The van der Waals surface area contributed by atoms with E-state index in [2.05, 4.69) is 6.92 Å². The first-order valence-electron chi connectivity index (χ1n) is 5.42. The lowest BCUT2D eigenvalue weighted by Gasteiger charge is -2.22. The summed E-state index contributed by atoms with van der Waals surface area (Å²) >= 11 is 0. The van der Waals surface area contributed by atoms with E-state index >= 15 is 0 Å². The Hall–Kier alpha value is -0.610. The minimum absolute atomic E-state index is 0.0253. The zero-order chi connectivity index (χ0) is 11.7. The van der Waals surface area contributed by atoms with Crippen molar-refractivity contribution in [3.05, 3.63) is 0 Å². The van der Waals surface area contributed by atoms with Crippen molar-refractivity contribution in [1.82, 2.24) is 0 Å². The Balaban J connectivity index is 2.59. The predicted octanol–water partition coefficient (Wildman–Crippen LogP) is 2.42. The van der Waals surface area contributed by atoms with Gasteiger partial charge in [0.25, 0.3) is 0 Å². The van der Waals surface area contributed by atoms with Gasteiger partial charge in [-0.15, -0.1) is 0 Å². The van der Waals surface area contributed by atoms with Crippen LogP contribution in [0.25, 0.3) is 0 Å². The molecule has 1 aliphatic rings. The highest BCUT2D eigenvalue weighted by atomic mass is 17.4. The number of carbonyl (C=O) groups excluding carboxylic acids is 1. The molecule has 4 nitrogen and oxygen atoms in total. The van der Waals surface area contributed by atoms with Crippen molar-refractivity contribution in [2.75, 3.05) is 0 Å². The lowest BCUT2D eigenvalue weighted by atomic mass is 9.97. The number of esters is 1. The molecule has 15 heavy (non-hydrogen) atoms. The van der Waals surface area contributed by atoms with Crippen LogP contribution in [0.2, 0.25) is 0 Å². The molecule has 0 aliphatic carbocycles. The summed E-state index contributed by atoms with van der Waals surface area (Å²) < 4.78 is 5.24. The van der Waals surface area contributed by atoms with E-state index in [9.17, 15) is 4.79 Å². The van der Waals surface area contributed by atoms with E-state index in [1.54, 1.807) is 0 Å². The molecule has 1 saturated heterocycles. The summed E-state index contributed by atoms with van der Waals surface area (Å²) in [5.41, 5.74) is -0.509. The van der Waals surface area contributed by atoms with E-state index < -0.39 is 17.4 Å². The van der Waals surface area contributed by atoms with Crippen LogP contribution >= 0.6 is 0 Å². The lowest BCUT2D eigenvalue weighted by molar-refractivity contribution is -0.165. The molecule has 0 saturated carbocycles. The zero-order valence-electron chi connectivity index (χ0n) is 10.1. The van der Waals surface area contributed by atoms with E-state index in [1.165, 1.54) is 0 Å². The highest BCUT2D eigenvalue weighted by Gasteiger charge is 2.62. The molecule has 88 valence electrons. The normalized spacial score (nSPS) is 20.9. The summed E-state index contributed by atoms with van der Waals surface area (Å²) in [5, 5.41) is 0. The standard InChI is InChI=1S/C11H20O4/c1-6-7-8(2)11(14-15-11)9(12)13-10(3,4)5/h8H,6-7H2,1-5H3. The van der Waals surface area contributed by atoms with Crippen LogP contribution in [-0.4, -0.2) is 17.4 Å². The van der Waals surface area contributed by atoms with Gasteiger partial charge in [0.15, 0.2) is 0 Å². The van der Waals surface area contributed by atoms with Gasteiger partial charge in [-0.25, -0.2) is 4.79 Å². The molecule has 0 bridgehead atoms. The lowest BCUT2D eigenvalue weighted by Crippen LogP contribution is -2.38. The van der Waals surface area contributed by atoms with Gasteiger partial charge in [0, 0.05) is 5.92 Å².